The summed E-state index contributed by atoms with van der Waals surface area (Å²) in [6, 6.07) is 15.9. The Labute approximate surface area is 190 Å². The van der Waals surface area contributed by atoms with Crippen LogP contribution in [0.15, 0.2) is 59.4 Å². The summed E-state index contributed by atoms with van der Waals surface area (Å²) in [7, 11) is -2.61. The number of sulfonamides is 1. The first-order valence-electron chi connectivity index (χ1n) is 10.1. The fourth-order valence-corrected chi connectivity index (χ4v) is 4.79. The average molecular weight is 467 g/mol. The molecule has 2 N–H and O–H groups in total. The molecular weight excluding hydrogens is 444 g/mol. The minimum absolute atomic E-state index is 0.130. The number of aryl methyl sites for hydroxylation is 2. The number of ether oxygens (including phenoxy) is 1. The molecule has 9 nitrogen and oxygen atoms in total. The minimum Gasteiger partial charge on any atom is -0.497 e. The largest absolute Gasteiger partial charge is 0.497 e. The summed E-state index contributed by atoms with van der Waals surface area (Å²) in [6.45, 7) is 3.30. The lowest BCUT2D eigenvalue weighted by atomic mass is 10.1. The first-order valence-corrected chi connectivity index (χ1v) is 11.7. The second-order valence-electron chi connectivity index (χ2n) is 7.56. The normalized spacial score (nSPS) is 11.5. The standard InChI is InChI=1S/C23H22N4O5S/c1-14-20(22(28)26-33(30,31)13-16-8-7-11-18(12-16)32-3)23(29)27-21(24-14)19(15(2)25-27)17-9-5-4-6-10-17/h4-12,25H,13H2,1-3H3,(H,26,28). The minimum atomic E-state index is -4.08. The van der Waals surface area contributed by atoms with Crippen LogP contribution in [0.2, 0.25) is 0 Å². The van der Waals surface area contributed by atoms with Crippen LogP contribution in [0.25, 0.3) is 16.8 Å². The Morgan fingerprint density at radius 1 is 1.12 bits per heavy atom. The highest BCUT2D eigenvalue weighted by atomic mass is 32.2. The number of benzene rings is 2. The van der Waals surface area contributed by atoms with E-state index in [4.69, 9.17) is 4.74 Å². The van der Waals surface area contributed by atoms with Gasteiger partial charge in [0.05, 0.1) is 18.6 Å². The van der Waals surface area contributed by atoms with Crippen LogP contribution in [0, 0.1) is 13.8 Å². The van der Waals surface area contributed by atoms with Gasteiger partial charge in [-0.25, -0.2) is 22.6 Å². The molecule has 2 aromatic carbocycles. The fourth-order valence-electron chi connectivity index (χ4n) is 3.71. The molecule has 33 heavy (non-hydrogen) atoms. The van der Waals surface area contributed by atoms with Gasteiger partial charge >= 0.3 is 0 Å². The van der Waals surface area contributed by atoms with Gasteiger partial charge in [0.15, 0.2) is 5.65 Å². The van der Waals surface area contributed by atoms with Crippen molar-refractivity contribution < 1.29 is 17.9 Å². The number of amides is 1. The van der Waals surface area contributed by atoms with Gasteiger partial charge in [0.25, 0.3) is 11.5 Å². The lowest BCUT2D eigenvalue weighted by molar-refractivity contribution is 0.0978. The number of carbonyl (C=O) groups excluding carboxylic acids is 1. The third-order valence-electron chi connectivity index (χ3n) is 5.17. The Morgan fingerprint density at radius 2 is 1.85 bits per heavy atom. The number of methoxy groups -OCH3 is 1. The maximum Gasteiger partial charge on any atom is 0.285 e. The van der Waals surface area contributed by atoms with Crippen LogP contribution >= 0.6 is 0 Å². The molecule has 2 aromatic heterocycles. The number of fused-ring (bicyclic) bond motifs is 1. The monoisotopic (exact) mass is 466 g/mol. The number of H-pyrrole nitrogens is 1. The summed E-state index contributed by atoms with van der Waals surface area (Å²) in [5, 5.41) is 2.93. The lowest BCUT2D eigenvalue weighted by Gasteiger charge is -2.09. The van der Waals surface area contributed by atoms with Gasteiger partial charge < -0.3 is 4.74 Å². The quantitative estimate of drug-likeness (QED) is 0.450. The number of rotatable bonds is 6. The van der Waals surface area contributed by atoms with Crippen molar-refractivity contribution in [3.8, 4) is 16.9 Å². The van der Waals surface area contributed by atoms with Gasteiger partial charge in [-0.2, -0.15) is 0 Å². The lowest BCUT2D eigenvalue weighted by Crippen LogP contribution is -2.37. The molecule has 1 amide bonds. The Bertz CT molecular complexity index is 1520. The summed E-state index contributed by atoms with van der Waals surface area (Å²) in [5.74, 6) is -0.990. The number of nitrogens with zero attached hydrogens (tertiary/aromatic N) is 2. The summed E-state index contributed by atoms with van der Waals surface area (Å²) in [5.41, 5.74) is 2.17. The molecule has 0 atom stereocenters. The zero-order valence-electron chi connectivity index (χ0n) is 18.2. The first-order chi connectivity index (χ1) is 15.7. The molecule has 10 heteroatoms. The van der Waals surface area contributed by atoms with Gasteiger partial charge in [-0.05, 0) is 37.1 Å². The van der Waals surface area contributed by atoms with E-state index in [1.807, 2.05) is 35.1 Å². The highest BCUT2D eigenvalue weighted by molar-refractivity contribution is 7.89. The second kappa shape index (κ2) is 8.55. The zero-order chi connectivity index (χ0) is 23.8. The third-order valence-corrected chi connectivity index (χ3v) is 6.38. The van der Waals surface area contributed by atoms with Crippen LogP contribution in [-0.4, -0.2) is 36.0 Å². The van der Waals surface area contributed by atoms with Gasteiger partial charge in [-0.15, -0.1) is 0 Å². The van der Waals surface area contributed by atoms with Crippen LogP contribution in [0.5, 0.6) is 5.75 Å². The highest BCUT2D eigenvalue weighted by Gasteiger charge is 2.25. The van der Waals surface area contributed by atoms with Crippen LogP contribution < -0.4 is 15.0 Å². The molecule has 0 aliphatic rings. The van der Waals surface area contributed by atoms with E-state index in [1.54, 1.807) is 31.2 Å². The topological polar surface area (TPSA) is 123 Å². The SMILES string of the molecule is COc1cccc(CS(=O)(=O)NC(=O)c2c(C)nc3c(-c4ccccc4)c(C)[nH]n3c2=O)c1. The van der Waals surface area contributed by atoms with Crippen molar-refractivity contribution in [2.75, 3.05) is 7.11 Å². The summed E-state index contributed by atoms with van der Waals surface area (Å²) in [6.07, 6.45) is 0. The predicted octanol–water partition coefficient (Wildman–Crippen LogP) is 2.57. The van der Waals surface area contributed by atoms with Crippen molar-refractivity contribution in [3.63, 3.8) is 0 Å². The summed E-state index contributed by atoms with van der Waals surface area (Å²) in [4.78, 5) is 30.4. The molecule has 2 heterocycles. The van der Waals surface area contributed by atoms with Crippen LogP contribution in [0.1, 0.15) is 27.3 Å². The number of hydrogen-bond donors (Lipinski definition) is 2. The van der Waals surface area contributed by atoms with E-state index >= 15 is 0 Å². The zero-order valence-corrected chi connectivity index (χ0v) is 19.1. The predicted molar refractivity (Wildman–Crippen MR) is 124 cm³/mol. The maximum absolute atomic E-state index is 13.1. The number of hydrogen-bond acceptors (Lipinski definition) is 6. The van der Waals surface area contributed by atoms with E-state index in [2.05, 4.69) is 10.1 Å². The average Bonchev–Trinajstić information content (AvgIpc) is 3.09. The molecule has 0 aliphatic heterocycles. The van der Waals surface area contributed by atoms with E-state index in [-0.39, 0.29) is 11.3 Å². The molecule has 4 aromatic rings. The first kappa shape index (κ1) is 22.3. The molecule has 0 radical (unpaired) electrons. The molecular formula is C23H22N4O5S. The molecule has 0 unspecified atom stereocenters. The van der Waals surface area contributed by atoms with Gasteiger partial charge in [-0.1, -0.05) is 42.5 Å². The molecule has 170 valence electrons. The number of aromatic nitrogens is 3. The molecule has 0 bridgehead atoms. The van der Waals surface area contributed by atoms with E-state index in [9.17, 15) is 18.0 Å². The van der Waals surface area contributed by atoms with E-state index in [1.165, 1.54) is 14.0 Å². The highest BCUT2D eigenvalue weighted by Crippen LogP contribution is 2.26. The number of nitrogens with one attached hydrogen (secondary N) is 2. The van der Waals surface area contributed by atoms with E-state index in [0.717, 1.165) is 15.6 Å². The fraction of sp³-hybridized carbons (Fsp3) is 0.174. The Hall–Kier alpha value is -3.92. The van der Waals surface area contributed by atoms with Crippen LogP contribution in [0.3, 0.4) is 0 Å². The maximum atomic E-state index is 13.1. The number of aromatic amines is 1. The Balaban J connectivity index is 1.69. The van der Waals surface area contributed by atoms with Crippen LogP contribution in [-0.2, 0) is 15.8 Å². The summed E-state index contributed by atoms with van der Waals surface area (Å²) < 4.78 is 33.4. The van der Waals surface area contributed by atoms with Crippen molar-refractivity contribution in [1.29, 1.82) is 0 Å². The smallest absolute Gasteiger partial charge is 0.285 e. The van der Waals surface area contributed by atoms with Gasteiger partial charge in [-0.3, -0.25) is 14.7 Å². The van der Waals surface area contributed by atoms with E-state index < -0.39 is 27.2 Å². The van der Waals surface area contributed by atoms with Crippen molar-refractivity contribution in [3.05, 3.63) is 87.5 Å². The van der Waals surface area contributed by atoms with Crippen molar-refractivity contribution >= 4 is 21.6 Å². The van der Waals surface area contributed by atoms with Gasteiger partial charge in [0.2, 0.25) is 10.0 Å². The number of carbonyl (C=O) groups is 1. The molecule has 0 fully saturated rings. The summed E-state index contributed by atoms with van der Waals surface area (Å²) >= 11 is 0. The second-order valence-corrected chi connectivity index (χ2v) is 9.28. The molecule has 0 aliphatic carbocycles. The van der Waals surface area contributed by atoms with Crippen molar-refractivity contribution in [1.82, 2.24) is 19.3 Å². The van der Waals surface area contributed by atoms with Gasteiger partial charge in [0, 0.05) is 11.3 Å². The molecule has 0 saturated heterocycles. The van der Waals surface area contributed by atoms with E-state index in [0.29, 0.717) is 22.7 Å². The Morgan fingerprint density at radius 3 is 2.55 bits per heavy atom. The van der Waals surface area contributed by atoms with Crippen molar-refractivity contribution in [2.45, 2.75) is 19.6 Å². The van der Waals surface area contributed by atoms with Gasteiger partial charge in [0.1, 0.15) is 11.3 Å². The molecule has 4 rings (SSSR count). The Kier molecular flexibility index (Phi) is 5.77. The van der Waals surface area contributed by atoms with Crippen molar-refractivity contribution in [2.24, 2.45) is 0 Å². The molecule has 0 spiro atoms. The van der Waals surface area contributed by atoms with Crippen LogP contribution in [0.4, 0.5) is 0 Å². The molecule has 0 saturated carbocycles. The third kappa shape index (κ3) is 4.37.